The van der Waals surface area contributed by atoms with Gasteiger partial charge in [-0.25, -0.2) is 4.79 Å². The monoisotopic (exact) mass is 424 g/mol. The third kappa shape index (κ3) is 4.48. The van der Waals surface area contributed by atoms with Gasteiger partial charge in [0, 0.05) is 6.07 Å². The largest absolute Gasteiger partial charge is 0.490 e. The van der Waals surface area contributed by atoms with E-state index in [1.54, 1.807) is 13.0 Å². The van der Waals surface area contributed by atoms with Crippen molar-refractivity contribution in [2.24, 2.45) is 0 Å². The van der Waals surface area contributed by atoms with Crippen LogP contribution in [-0.2, 0) is 11.0 Å². The number of halogens is 3. The van der Waals surface area contributed by atoms with E-state index in [0.29, 0.717) is 0 Å². The minimum atomic E-state index is -5.04. The van der Waals surface area contributed by atoms with Gasteiger partial charge < -0.3 is 23.7 Å². The molecule has 0 saturated carbocycles. The SMILES string of the molecule is CCOc1ccccc1Oc1c(C(F)(F)F)oc2cc(OCC(=O)O)ccc2c1=O. The second-order valence-corrected chi connectivity index (χ2v) is 5.91. The van der Waals surface area contributed by atoms with E-state index in [1.165, 1.54) is 30.3 Å². The Morgan fingerprint density at radius 1 is 1.10 bits per heavy atom. The number of fused-ring (bicyclic) bond motifs is 1. The van der Waals surface area contributed by atoms with E-state index >= 15 is 0 Å². The molecule has 2 aromatic carbocycles. The predicted octanol–water partition coefficient (Wildman–Crippen LogP) is 4.47. The summed E-state index contributed by atoms with van der Waals surface area (Å²) in [6.45, 7) is 1.21. The number of benzene rings is 2. The summed E-state index contributed by atoms with van der Waals surface area (Å²) in [6, 6.07) is 9.38. The minimum Gasteiger partial charge on any atom is -0.490 e. The van der Waals surface area contributed by atoms with Gasteiger partial charge in [-0.15, -0.1) is 0 Å². The Kier molecular flexibility index (Phi) is 5.86. The molecule has 0 radical (unpaired) electrons. The van der Waals surface area contributed by atoms with E-state index < -0.39 is 41.3 Å². The van der Waals surface area contributed by atoms with Crippen LogP contribution >= 0.6 is 0 Å². The number of para-hydroxylation sites is 2. The lowest BCUT2D eigenvalue weighted by molar-refractivity contribution is -0.154. The molecule has 0 atom stereocenters. The van der Waals surface area contributed by atoms with E-state index in [2.05, 4.69) is 0 Å². The summed E-state index contributed by atoms with van der Waals surface area (Å²) in [5.74, 6) is -3.95. The molecular formula is C20H15F3O7. The highest BCUT2D eigenvalue weighted by atomic mass is 19.4. The highest BCUT2D eigenvalue weighted by Gasteiger charge is 2.40. The van der Waals surface area contributed by atoms with Gasteiger partial charge in [0.2, 0.25) is 11.2 Å². The molecule has 0 unspecified atom stereocenters. The smallest absolute Gasteiger partial charge is 0.453 e. The Morgan fingerprint density at radius 2 is 1.80 bits per heavy atom. The normalized spacial score (nSPS) is 11.3. The van der Waals surface area contributed by atoms with Gasteiger partial charge in [0.25, 0.3) is 5.76 Å². The summed E-state index contributed by atoms with van der Waals surface area (Å²) in [5.41, 5.74) is -1.49. The lowest BCUT2D eigenvalue weighted by atomic mass is 10.2. The highest BCUT2D eigenvalue weighted by Crippen LogP contribution is 2.40. The molecule has 0 spiro atoms. The van der Waals surface area contributed by atoms with Gasteiger partial charge in [0.1, 0.15) is 11.3 Å². The van der Waals surface area contributed by atoms with Gasteiger partial charge in [-0.05, 0) is 31.2 Å². The van der Waals surface area contributed by atoms with Crippen molar-refractivity contribution in [2.45, 2.75) is 13.1 Å². The maximum absolute atomic E-state index is 13.6. The maximum Gasteiger partial charge on any atom is 0.453 e. The van der Waals surface area contributed by atoms with Crippen molar-refractivity contribution < 1.29 is 41.7 Å². The average Bonchev–Trinajstić information content (AvgIpc) is 2.69. The molecule has 0 amide bonds. The second-order valence-electron chi connectivity index (χ2n) is 5.91. The summed E-state index contributed by atoms with van der Waals surface area (Å²) >= 11 is 0. The van der Waals surface area contributed by atoms with Crippen LogP contribution in [0.3, 0.4) is 0 Å². The molecular weight excluding hydrogens is 409 g/mol. The van der Waals surface area contributed by atoms with Gasteiger partial charge in [0.05, 0.1) is 12.0 Å². The van der Waals surface area contributed by atoms with Crippen LogP contribution in [0.1, 0.15) is 12.7 Å². The minimum absolute atomic E-state index is 0.0727. The van der Waals surface area contributed by atoms with E-state index in [1.807, 2.05) is 0 Å². The zero-order chi connectivity index (χ0) is 21.9. The van der Waals surface area contributed by atoms with Crippen molar-refractivity contribution in [3.05, 3.63) is 58.4 Å². The molecule has 7 nitrogen and oxygen atoms in total. The van der Waals surface area contributed by atoms with E-state index in [-0.39, 0.29) is 29.2 Å². The number of carboxylic acid groups (broad SMARTS) is 1. The van der Waals surface area contributed by atoms with Crippen LogP contribution in [0.25, 0.3) is 11.0 Å². The molecule has 3 rings (SSSR count). The van der Waals surface area contributed by atoms with Crippen molar-refractivity contribution >= 4 is 16.9 Å². The van der Waals surface area contributed by atoms with Crippen LogP contribution in [-0.4, -0.2) is 24.3 Å². The van der Waals surface area contributed by atoms with Gasteiger partial charge >= 0.3 is 12.1 Å². The van der Waals surface area contributed by atoms with Crippen LogP contribution in [0.2, 0.25) is 0 Å². The van der Waals surface area contributed by atoms with Crippen LogP contribution in [0.4, 0.5) is 13.2 Å². The number of aliphatic carboxylic acids is 1. The molecule has 0 saturated heterocycles. The van der Waals surface area contributed by atoms with E-state index in [9.17, 15) is 22.8 Å². The number of carbonyl (C=O) groups is 1. The third-order valence-electron chi connectivity index (χ3n) is 3.80. The van der Waals surface area contributed by atoms with Gasteiger partial charge in [-0.1, -0.05) is 12.1 Å². The first-order valence-electron chi connectivity index (χ1n) is 8.63. The summed E-state index contributed by atoms with van der Waals surface area (Å²) in [6.07, 6.45) is -5.04. The number of ether oxygens (including phenoxy) is 3. The molecule has 0 aliphatic heterocycles. The summed E-state index contributed by atoms with van der Waals surface area (Å²) < 4.78 is 61.3. The zero-order valence-corrected chi connectivity index (χ0v) is 15.5. The molecule has 0 fully saturated rings. The van der Waals surface area contributed by atoms with Crippen molar-refractivity contribution in [1.29, 1.82) is 0 Å². The van der Waals surface area contributed by atoms with Crippen LogP contribution in [0.5, 0.6) is 23.0 Å². The maximum atomic E-state index is 13.6. The van der Waals surface area contributed by atoms with Crippen molar-refractivity contribution in [3.63, 3.8) is 0 Å². The Hall–Kier alpha value is -3.69. The Labute approximate surface area is 167 Å². The molecule has 0 aliphatic carbocycles. The Morgan fingerprint density at radius 3 is 2.43 bits per heavy atom. The lowest BCUT2D eigenvalue weighted by Gasteiger charge is -2.15. The van der Waals surface area contributed by atoms with Gasteiger partial charge in [-0.3, -0.25) is 4.79 Å². The molecule has 30 heavy (non-hydrogen) atoms. The molecule has 1 heterocycles. The molecule has 1 N–H and O–H groups in total. The fraction of sp³-hybridized carbons (Fsp3) is 0.200. The van der Waals surface area contributed by atoms with Crippen molar-refractivity contribution in [3.8, 4) is 23.0 Å². The first kappa shape index (κ1) is 21.0. The molecule has 3 aromatic rings. The summed E-state index contributed by atoms with van der Waals surface area (Å²) in [7, 11) is 0. The predicted molar refractivity (Wildman–Crippen MR) is 98.3 cm³/mol. The van der Waals surface area contributed by atoms with Crippen LogP contribution in [0.15, 0.2) is 51.7 Å². The molecule has 1 aromatic heterocycles. The summed E-state index contributed by atoms with van der Waals surface area (Å²) in [5, 5.41) is 8.45. The Balaban J connectivity index is 2.14. The first-order valence-corrected chi connectivity index (χ1v) is 8.63. The Bertz CT molecular complexity index is 1140. The first-order chi connectivity index (χ1) is 14.2. The fourth-order valence-electron chi connectivity index (χ4n) is 2.59. The highest BCUT2D eigenvalue weighted by molar-refractivity contribution is 5.80. The number of hydrogen-bond donors (Lipinski definition) is 1. The number of alkyl halides is 3. The van der Waals surface area contributed by atoms with E-state index in [0.717, 1.165) is 6.07 Å². The number of hydrogen-bond acceptors (Lipinski definition) is 6. The average molecular weight is 424 g/mol. The van der Waals surface area contributed by atoms with E-state index in [4.69, 9.17) is 23.7 Å². The quantitative estimate of drug-likeness (QED) is 0.598. The second kappa shape index (κ2) is 8.36. The molecule has 10 heteroatoms. The topological polar surface area (TPSA) is 95.2 Å². The molecule has 0 bridgehead atoms. The van der Waals surface area contributed by atoms with Gasteiger partial charge in [0.15, 0.2) is 18.1 Å². The third-order valence-corrected chi connectivity index (χ3v) is 3.80. The molecule has 158 valence electrons. The molecule has 0 aliphatic rings. The van der Waals surface area contributed by atoms with Crippen LogP contribution in [0, 0.1) is 0 Å². The van der Waals surface area contributed by atoms with Gasteiger partial charge in [-0.2, -0.15) is 13.2 Å². The van der Waals surface area contributed by atoms with Crippen molar-refractivity contribution in [2.75, 3.05) is 13.2 Å². The lowest BCUT2D eigenvalue weighted by Crippen LogP contribution is -2.16. The number of carboxylic acids is 1. The van der Waals surface area contributed by atoms with Crippen molar-refractivity contribution in [1.82, 2.24) is 0 Å². The fourth-order valence-corrected chi connectivity index (χ4v) is 2.59. The zero-order valence-electron chi connectivity index (χ0n) is 15.5. The number of rotatable bonds is 7. The van der Waals surface area contributed by atoms with Crippen LogP contribution < -0.4 is 19.6 Å². The summed E-state index contributed by atoms with van der Waals surface area (Å²) in [4.78, 5) is 23.4. The standard InChI is InChI=1S/C20H15F3O7/c1-2-27-13-5-3-4-6-14(13)29-18-17(26)12-8-7-11(28-10-16(24)25)9-15(12)30-19(18)20(21,22)23/h3-9H,2,10H2,1H3,(H,24,25).